The normalized spacial score (nSPS) is 11.9. The Kier molecular flexibility index (Phi) is 5.67. The van der Waals surface area contributed by atoms with Crippen molar-refractivity contribution in [3.63, 3.8) is 0 Å². The number of carboxylic acid groups (broad SMARTS) is 1. The Morgan fingerprint density at radius 2 is 2.22 bits per heavy atom. The third-order valence-corrected chi connectivity index (χ3v) is 3.21. The van der Waals surface area contributed by atoms with E-state index in [1.54, 1.807) is 6.07 Å². The van der Waals surface area contributed by atoms with Crippen molar-refractivity contribution in [3.05, 3.63) is 29.8 Å². The minimum atomic E-state index is -1.05. The van der Waals surface area contributed by atoms with Crippen molar-refractivity contribution in [1.29, 1.82) is 0 Å². The summed E-state index contributed by atoms with van der Waals surface area (Å²) in [4.78, 5) is 22.0. The number of aliphatic carboxylic acids is 1. The lowest BCUT2D eigenvalue weighted by Crippen LogP contribution is -2.33. The third-order valence-electron chi connectivity index (χ3n) is 2.15. The van der Waals surface area contributed by atoms with Crippen molar-refractivity contribution in [2.45, 2.75) is 13.0 Å². The summed E-state index contributed by atoms with van der Waals surface area (Å²) in [5, 5.41) is 11.3. The van der Waals surface area contributed by atoms with Crippen LogP contribution in [0.2, 0.25) is 0 Å². The predicted octanol–water partition coefficient (Wildman–Crippen LogP) is 1.08. The lowest BCUT2D eigenvalue weighted by molar-refractivity contribution is -0.137. The van der Waals surface area contributed by atoms with Gasteiger partial charge in [-0.15, -0.1) is 11.8 Å². The number of aryl methyl sites for hydroxylation is 1. The van der Waals surface area contributed by atoms with Crippen LogP contribution in [-0.4, -0.2) is 34.5 Å². The molecule has 6 heteroatoms. The molecular formula is C12H16N2O3S. The molecule has 0 fully saturated rings. The second-order valence-corrected chi connectivity index (χ2v) is 4.91. The van der Waals surface area contributed by atoms with E-state index < -0.39 is 12.0 Å². The van der Waals surface area contributed by atoms with Crippen molar-refractivity contribution in [2.75, 3.05) is 16.8 Å². The van der Waals surface area contributed by atoms with Gasteiger partial charge in [-0.25, -0.2) is 0 Å². The van der Waals surface area contributed by atoms with Crippen LogP contribution in [0.3, 0.4) is 0 Å². The number of anilines is 1. The number of amides is 1. The molecule has 0 unspecified atom stereocenters. The molecule has 98 valence electrons. The van der Waals surface area contributed by atoms with Crippen LogP contribution >= 0.6 is 11.8 Å². The van der Waals surface area contributed by atoms with Crippen LogP contribution in [0.25, 0.3) is 0 Å². The van der Waals surface area contributed by atoms with Crippen LogP contribution < -0.4 is 11.1 Å². The maximum absolute atomic E-state index is 11.6. The Labute approximate surface area is 110 Å². The molecule has 5 nitrogen and oxygen atoms in total. The second-order valence-electron chi connectivity index (χ2n) is 3.88. The summed E-state index contributed by atoms with van der Waals surface area (Å²) >= 11 is 1.20. The first-order chi connectivity index (χ1) is 8.49. The zero-order valence-corrected chi connectivity index (χ0v) is 10.9. The predicted molar refractivity (Wildman–Crippen MR) is 72.7 cm³/mol. The van der Waals surface area contributed by atoms with E-state index in [4.69, 9.17) is 10.8 Å². The number of rotatable bonds is 6. The number of thioether (sulfide) groups is 1. The molecule has 1 aromatic rings. The Balaban J connectivity index is 2.32. The fourth-order valence-electron chi connectivity index (χ4n) is 1.27. The van der Waals surface area contributed by atoms with Crippen LogP contribution in [0.1, 0.15) is 5.56 Å². The van der Waals surface area contributed by atoms with E-state index in [2.05, 4.69) is 5.32 Å². The van der Waals surface area contributed by atoms with Crippen molar-refractivity contribution < 1.29 is 14.7 Å². The number of carbonyl (C=O) groups excluding carboxylic acids is 1. The molecule has 18 heavy (non-hydrogen) atoms. The molecule has 1 aromatic carbocycles. The molecule has 0 aromatic heterocycles. The average molecular weight is 268 g/mol. The Morgan fingerprint density at radius 1 is 1.50 bits per heavy atom. The molecule has 1 rings (SSSR count). The summed E-state index contributed by atoms with van der Waals surface area (Å²) in [5.74, 6) is -0.810. The van der Waals surface area contributed by atoms with Gasteiger partial charge in [0.15, 0.2) is 0 Å². The van der Waals surface area contributed by atoms with Crippen molar-refractivity contribution in [3.8, 4) is 0 Å². The second kappa shape index (κ2) is 7.03. The molecule has 0 aliphatic heterocycles. The maximum atomic E-state index is 11.6. The van der Waals surface area contributed by atoms with E-state index >= 15 is 0 Å². The van der Waals surface area contributed by atoms with E-state index in [9.17, 15) is 9.59 Å². The lowest BCUT2D eigenvalue weighted by atomic mass is 10.2. The van der Waals surface area contributed by atoms with Gasteiger partial charge in [0.05, 0.1) is 5.75 Å². The standard InChI is InChI=1S/C12H16N2O3S/c1-8-3-2-4-9(5-8)14-11(15)7-18-6-10(13)12(16)17/h2-5,10H,6-7,13H2,1H3,(H,14,15)(H,16,17)/t10-/m1/s1. The van der Waals surface area contributed by atoms with Gasteiger partial charge in [-0.1, -0.05) is 12.1 Å². The topological polar surface area (TPSA) is 92.4 Å². The van der Waals surface area contributed by atoms with Gasteiger partial charge in [-0.05, 0) is 24.6 Å². The Hall–Kier alpha value is -1.53. The summed E-state index contributed by atoms with van der Waals surface area (Å²) < 4.78 is 0. The van der Waals surface area contributed by atoms with E-state index in [1.165, 1.54) is 11.8 Å². The first kappa shape index (κ1) is 14.5. The van der Waals surface area contributed by atoms with Crippen molar-refractivity contribution >= 4 is 29.3 Å². The van der Waals surface area contributed by atoms with E-state index in [0.717, 1.165) is 11.3 Å². The fourth-order valence-corrected chi connectivity index (χ4v) is 2.04. The van der Waals surface area contributed by atoms with Crippen molar-refractivity contribution in [1.82, 2.24) is 0 Å². The van der Waals surface area contributed by atoms with Crippen LogP contribution in [0.5, 0.6) is 0 Å². The first-order valence-corrected chi connectivity index (χ1v) is 6.57. The summed E-state index contributed by atoms with van der Waals surface area (Å²) in [5.41, 5.74) is 7.13. The van der Waals surface area contributed by atoms with Crippen molar-refractivity contribution in [2.24, 2.45) is 5.73 Å². The van der Waals surface area contributed by atoms with E-state index in [0.29, 0.717) is 0 Å². The molecule has 0 saturated carbocycles. The summed E-state index contributed by atoms with van der Waals surface area (Å²) in [6.45, 7) is 1.94. The van der Waals surface area contributed by atoms with E-state index in [1.807, 2.05) is 25.1 Å². The molecule has 0 aliphatic carbocycles. The van der Waals surface area contributed by atoms with Gasteiger partial charge in [-0.3, -0.25) is 9.59 Å². The highest BCUT2D eigenvalue weighted by Crippen LogP contribution is 2.10. The summed E-state index contributed by atoms with van der Waals surface area (Å²) in [6.07, 6.45) is 0. The minimum absolute atomic E-state index is 0.164. The van der Waals surface area contributed by atoms with Crippen LogP contribution in [-0.2, 0) is 9.59 Å². The smallest absolute Gasteiger partial charge is 0.321 e. The van der Waals surface area contributed by atoms with E-state index in [-0.39, 0.29) is 17.4 Å². The SMILES string of the molecule is Cc1cccc(NC(=O)CSC[C@@H](N)C(=O)O)c1. The fraction of sp³-hybridized carbons (Fsp3) is 0.333. The molecule has 1 amide bonds. The molecule has 4 N–H and O–H groups in total. The van der Waals surface area contributed by atoms with Gasteiger partial charge in [0.2, 0.25) is 5.91 Å². The minimum Gasteiger partial charge on any atom is -0.480 e. The van der Waals surface area contributed by atoms with Gasteiger partial charge in [-0.2, -0.15) is 0 Å². The highest BCUT2D eigenvalue weighted by Gasteiger charge is 2.12. The molecule has 0 heterocycles. The number of hydrogen-bond donors (Lipinski definition) is 3. The maximum Gasteiger partial charge on any atom is 0.321 e. The quantitative estimate of drug-likeness (QED) is 0.718. The molecule has 0 bridgehead atoms. The van der Waals surface area contributed by atoms with Crippen LogP contribution in [0.15, 0.2) is 24.3 Å². The van der Waals surface area contributed by atoms with Crippen LogP contribution in [0.4, 0.5) is 5.69 Å². The molecule has 0 radical (unpaired) electrons. The Bertz CT molecular complexity index is 437. The van der Waals surface area contributed by atoms with Gasteiger partial charge in [0, 0.05) is 11.4 Å². The number of nitrogens with two attached hydrogens (primary N) is 1. The first-order valence-electron chi connectivity index (χ1n) is 5.41. The molecule has 1 atom stereocenters. The van der Waals surface area contributed by atoms with Gasteiger partial charge >= 0.3 is 5.97 Å². The number of carbonyl (C=O) groups is 2. The summed E-state index contributed by atoms with van der Waals surface area (Å²) in [7, 11) is 0. The zero-order chi connectivity index (χ0) is 13.5. The summed E-state index contributed by atoms with van der Waals surface area (Å²) in [6, 6.07) is 6.54. The zero-order valence-electron chi connectivity index (χ0n) is 10.1. The number of benzene rings is 1. The average Bonchev–Trinajstić information content (AvgIpc) is 2.28. The number of nitrogens with one attached hydrogen (secondary N) is 1. The Morgan fingerprint density at radius 3 is 2.83 bits per heavy atom. The monoisotopic (exact) mass is 268 g/mol. The van der Waals surface area contributed by atoms with Crippen LogP contribution in [0, 0.1) is 6.92 Å². The largest absolute Gasteiger partial charge is 0.480 e. The van der Waals surface area contributed by atoms with Gasteiger partial charge in [0.1, 0.15) is 6.04 Å². The molecule has 0 aliphatic rings. The molecular weight excluding hydrogens is 252 g/mol. The third kappa shape index (κ3) is 5.20. The number of carboxylic acids is 1. The molecule has 0 spiro atoms. The lowest BCUT2D eigenvalue weighted by Gasteiger charge is -2.07. The highest BCUT2D eigenvalue weighted by atomic mass is 32.2. The molecule has 0 saturated heterocycles. The van der Waals surface area contributed by atoms with Gasteiger partial charge in [0.25, 0.3) is 0 Å². The van der Waals surface area contributed by atoms with Gasteiger partial charge < -0.3 is 16.2 Å². The number of hydrogen-bond acceptors (Lipinski definition) is 4. The highest BCUT2D eigenvalue weighted by molar-refractivity contribution is 8.00.